The molecule has 0 radical (unpaired) electrons. The van der Waals surface area contributed by atoms with Crippen LogP contribution in [-0.2, 0) is 4.79 Å². The van der Waals surface area contributed by atoms with E-state index < -0.39 is 0 Å². The Bertz CT molecular complexity index is 737. The molecule has 1 amide bonds. The number of carbonyl (C=O) groups is 1. The summed E-state index contributed by atoms with van der Waals surface area (Å²) in [6.45, 7) is 4.45. The largest absolute Gasteiger partial charge is 0.497 e. The highest BCUT2D eigenvalue weighted by Crippen LogP contribution is 2.17. The number of carbonyl (C=O) groups excluding carboxylic acids is 1. The second-order valence-electron chi connectivity index (χ2n) is 7.10. The Morgan fingerprint density at radius 3 is 2.74 bits per heavy atom. The fourth-order valence-electron chi connectivity index (χ4n) is 3.41. The maximum Gasteiger partial charge on any atom is 0.234 e. The second-order valence-corrected chi connectivity index (χ2v) is 7.10. The van der Waals surface area contributed by atoms with Gasteiger partial charge in [-0.1, -0.05) is 0 Å². The van der Waals surface area contributed by atoms with Gasteiger partial charge < -0.3 is 15.4 Å². The van der Waals surface area contributed by atoms with Gasteiger partial charge in [0.1, 0.15) is 5.75 Å². The summed E-state index contributed by atoms with van der Waals surface area (Å²) in [5, 5.41) is 10.8. The van der Waals surface area contributed by atoms with Gasteiger partial charge in [-0.05, 0) is 64.2 Å². The lowest BCUT2D eigenvalue weighted by molar-refractivity contribution is -0.123. The van der Waals surface area contributed by atoms with Crippen LogP contribution in [0.25, 0.3) is 5.69 Å². The van der Waals surface area contributed by atoms with Crippen LogP contribution in [0.15, 0.2) is 36.7 Å². The average Bonchev–Trinajstić information content (AvgIpc) is 3.19. The number of methoxy groups -OCH3 is 1. The number of piperidine rings is 1. The Morgan fingerprint density at radius 1 is 1.37 bits per heavy atom. The van der Waals surface area contributed by atoms with Crippen LogP contribution in [0, 0.1) is 0 Å². The van der Waals surface area contributed by atoms with Crippen LogP contribution < -0.4 is 15.4 Å². The number of nitrogens with zero attached hydrogens (tertiary/aromatic N) is 3. The van der Waals surface area contributed by atoms with Crippen molar-refractivity contribution in [2.75, 3.05) is 33.8 Å². The molecule has 27 heavy (non-hydrogen) atoms. The molecule has 0 bridgehead atoms. The van der Waals surface area contributed by atoms with Crippen LogP contribution >= 0.6 is 0 Å². The van der Waals surface area contributed by atoms with E-state index in [0.717, 1.165) is 42.9 Å². The molecule has 1 aromatic carbocycles. The van der Waals surface area contributed by atoms with Gasteiger partial charge >= 0.3 is 0 Å². The molecule has 1 aliphatic rings. The Balaban J connectivity index is 1.55. The van der Waals surface area contributed by atoms with Gasteiger partial charge in [0.05, 0.1) is 31.6 Å². The van der Waals surface area contributed by atoms with Crippen molar-refractivity contribution in [2.45, 2.75) is 31.8 Å². The van der Waals surface area contributed by atoms with Crippen LogP contribution in [0.5, 0.6) is 5.75 Å². The van der Waals surface area contributed by atoms with Crippen molar-refractivity contribution in [3.8, 4) is 11.4 Å². The zero-order valence-corrected chi connectivity index (χ0v) is 16.3. The van der Waals surface area contributed by atoms with Gasteiger partial charge in [-0.3, -0.25) is 9.69 Å². The van der Waals surface area contributed by atoms with E-state index in [4.69, 9.17) is 4.74 Å². The lowest BCUT2D eigenvalue weighted by atomic mass is 10.1. The van der Waals surface area contributed by atoms with Gasteiger partial charge in [0.15, 0.2) is 0 Å². The third-order valence-corrected chi connectivity index (χ3v) is 5.14. The van der Waals surface area contributed by atoms with Crippen LogP contribution in [-0.4, -0.2) is 60.4 Å². The first-order chi connectivity index (χ1) is 13.1. The number of aromatic nitrogens is 2. The zero-order chi connectivity index (χ0) is 19.2. The van der Waals surface area contributed by atoms with Gasteiger partial charge in [0.2, 0.25) is 5.91 Å². The standard InChI is InChI=1S/C20H29N5O2/c1-15(23-20(26)14-24(2)17-8-10-21-11-9-17)16-12-22-25(13-16)18-4-6-19(27-3)7-5-18/h4-7,12-13,15,17,21H,8-11,14H2,1-3H3,(H,23,26)/t15-/m0/s1. The fourth-order valence-corrected chi connectivity index (χ4v) is 3.41. The minimum absolute atomic E-state index is 0.0423. The highest BCUT2D eigenvalue weighted by molar-refractivity contribution is 5.78. The minimum atomic E-state index is -0.0917. The number of nitrogens with one attached hydrogen (secondary N) is 2. The lowest BCUT2D eigenvalue weighted by Crippen LogP contribution is -2.45. The normalized spacial score (nSPS) is 16.3. The van der Waals surface area contributed by atoms with Crippen molar-refractivity contribution in [3.05, 3.63) is 42.2 Å². The predicted octanol–water partition coefficient (Wildman–Crippen LogP) is 1.74. The third kappa shape index (κ3) is 5.08. The number of hydrogen-bond donors (Lipinski definition) is 2. The Kier molecular flexibility index (Phi) is 6.47. The second kappa shape index (κ2) is 9.01. The summed E-state index contributed by atoms with van der Waals surface area (Å²) in [7, 11) is 3.68. The first kappa shape index (κ1) is 19.4. The highest BCUT2D eigenvalue weighted by Gasteiger charge is 2.20. The molecule has 2 aromatic rings. The molecule has 7 heteroatoms. The van der Waals surface area contributed by atoms with Crippen molar-refractivity contribution in [3.63, 3.8) is 0 Å². The number of likely N-dealkylation sites (N-methyl/N-ethyl adjacent to an activating group) is 1. The third-order valence-electron chi connectivity index (χ3n) is 5.14. The van der Waals surface area contributed by atoms with Crippen molar-refractivity contribution in [1.82, 2.24) is 25.3 Å². The molecule has 0 aliphatic carbocycles. The van der Waals surface area contributed by atoms with Gasteiger partial charge in [0.25, 0.3) is 0 Å². The van der Waals surface area contributed by atoms with E-state index >= 15 is 0 Å². The van der Waals surface area contributed by atoms with E-state index in [1.165, 1.54) is 0 Å². The van der Waals surface area contributed by atoms with E-state index in [-0.39, 0.29) is 11.9 Å². The summed E-state index contributed by atoms with van der Waals surface area (Å²) in [6, 6.07) is 8.09. The maximum atomic E-state index is 12.4. The molecule has 1 aliphatic heterocycles. The van der Waals surface area contributed by atoms with Crippen LogP contribution in [0.4, 0.5) is 0 Å². The quantitative estimate of drug-likeness (QED) is 0.776. The molecule has 1 fully saturated rings. The van der Waals surface area contributed by atoms with Crippen molar-refractivity contribution in [1.29, 1.82) is 0 Å². The number of hydrogen-bond acceptors (Lipinski definition) is 5. The SMILES string of the molecule is COc1ccc(-n2cc([C@H](C)NC(=O)CN(C)C3CCNCC3)cn2)cc1. The maximum absolute atomic E-state index is 12.4. The summed E-state index contributed by atoms with van der Waals surface area (Å²) in [4.78, 5) is 14.6. The molecule has 0 saturated carbocycles. The van der Waals surface area contributed by atoms with Crippen molar-refractivity contribution >= 4 is 5.91 Å². The molecule has 2 heterocycles. The molecular weight excluding hydrogens is 342 g/mol. The van der Waals surface area contributed by atoms with Crippen molar-refractivity contribution < 1.29 is 9.53 Å². The Labute approximate surface area is 160 Å². The molecule has 0 unspecified atom stereocenters. The molecule has 1 saturated heterocycles. The topological polar surface area (TPSA) is 71.4 Å². The van der Waals surface area contributed by atoms with E-state index in [2.05, 4.69) is 20.6 Å². The number of rotatable bonds is 7. The average molecular weight is 371 g/mol. The molecular formula is C20H29N5O2. The molecule has 1 aromatic heterocycles. The molecule has 0 spiro atoms. The Hall–Kier alpha value is -2.38. The zero-order valence-electron chi connectivity index (χ0n) is 16.3. The minimum Gasteiger partial charge on any atom is -0.497 e. The fraction of sp³-hybridized carbons (Fsp3) is 0.500. The number of amides is 1. The highest BCUT2D eigenvalue weighted by atomic mass is 16.5. The summed E-state index contributed by atoms with van der Waals surface area (Å²) in [5.41, 5.74) is 1.93. The molecule has 7 nitrogen and oxygen atoms in total. The molecule has 1 atom stereocenters. The lowest BCUT2D eigenvalue weighted by Gasteiger charge is -2.31. The molecule has 146 valence electrons. The van der Waals surface area contributed by atoms with Crippen molar-refractivity contribution in [2.24, 2.45) is 0 Å². The van der Waals surface area contributed by atoms with Crippen LogP contribution in [0.1, 0.15) is 31.4 Å². The van der Waals surface area contributed by atoms with Crippen LogP contribution in [0.2, 0.25) is 0 Å². The first-order valence-corrected chi connectivity index (χ1v) is 9.46. The summed E-state index contributed by atoms with van der Waals surface area (Å²) in [6.07, 6.45) is 5.93. The summed E-state index contributed by atoms with van der Waals surface area (Å²) < 4.78 is 6.99. The summed E-state index contributed by atoms with van der Waals surface area (Å²) >= 11 is 0. The predicted molar refractivity (Wildman–Crippen MR) is 105 cm³/mol. The Morgan fingerprint density at radius 2 is 2.07 bits per heavy atom. The van der Waals surface area contributed by atoms with Gasteiger partial charge in [-0.2, -0.15) is 5.10 Å². The number of benzene rings is 1. The summed E-state index contributed by atoms with van der Waals surface area (Å²) in [5.74, 6) is 0.852. The van der Waals surface area contributed by atoms with Gasteiger partial charge in [-0.15, -0.1) is 0 Å². The molecule has 2 N–H and O–H groups in total. The van der Waals surface area contributed by atoms with E-state index in [9.17, 15) is 4.79 Å². The molecule has 3 rings (SSSR count). The van der Waals surface area contributed by atoms with E-state index in [1.807, 2.05) is 44.4 Å². The first-order valence-electron chi connectivity index (χ1n) is 9.46. The monoisotopic (exact) mass is 371 g/mol. The van der Waals surface area contributed by atoms with Gasteiger partial charge in [0, 0.05) is 17.8 Å². The number of ether oxygens (including phenoxy) is 1. The smallest absolute Gasteiger partial charge is 0.234 e. The van der Waals surface area contributed by atoms with Crippen LogP contribution in [0.3, 0.4) is 0 Å². The van der Waals surface area contributed by atoms with E-state index in [0.29, 0.717) is 12.6 Å². The van der Waals surface area contributed by atoms with E-state index in [1.54, 1.807) is 18.0 Å². The van der Waals surface area contributed by atoms with Gasteiger partial charge in [-0.25, -0.2) is 4.68 Å².